The van der Waals surface area contributed by atoms with Crippen molar-refractivity contribution in [3.8, 4) is 0 Å². The molecule has 0 unspecified atom stereocenters. The van der Waals surface area contributed by atoms with E-state index in [0.29, 0.717) is 0 Å². The fraction of sp³-hybridized carbons (Fsp3) is 0.545. The van der Waals surface area contributed by atoms with Gasteiger partial charge in [-0.3, -0.25) is 4.79 Å². The third kappa shape index (κ3) is 6.34. The highest BCUT2D eigenvalue weighted by atomic mass is 16.5. The zero-order valence-corrected chi connectivity index (χ0v) is 10.1. The lowest BCUT2D eigenvalue weighted by atomic mass is 10.2. The van der Waals surface area contributed by atoms with E-state index in [1.807, 2.05) is 0 Å². The van der Waals surface area contributed by atoms with Gasteiger partial charge in [0.05, 0.1) is 19.6 Å². The minimum absolute atomic E-state index is 0.0113. The summed E-state index contributed by atoms with van der Waals surface area (Å²) in [4.78, 5) is 32.7. The van der Waals surface area contributed by atoms with E-state index >= 15 is 0 Å². The zero-order valence-electron chi connectivity index (χ0n) is 10.1. The number of carboxylic acid groups (broad SMARTS) is 1. The van der Waals surface area contributed by atoms with Crippen LogP contribution < -0.4 is 0 Å². The van der Waals surface area contributed by atoms with Gasteiger partial charge in [0.1, 0.15) is 0 Å². The van der Waals surface area contributed by atoms with Crippen LogP contribution in [-0.4, -0.2) is 36.7 Å². The van der Waals surface area contributed by atoms with Crippen LogP contribution in [0, 0.1) is 5.92 Å². The molecule has 0 fully saturated rings. The molecule has 0 aliphatic carbocycles. The van der Waals surface area contributed by atoms with E-state index in [1.165, 1.54) is 0 Å². The van der Waals surface area contributed by atoms with Gasteiger partial charge >= 0.3 is 17.9 Å². The Hall–Kier alpha value is -1.85. The predicted molar refractivity (Wildman–Crippen MR) is 58.1 cm³/mol. The van der Waals surface area contributed by atoms with Crippen molar-refractivity contribution in [1.29, 1.82) is 0 Å². The largest absolute Gasteiger partial charge is 0.478 e. The van der Waals surface area contributed by atoms with Crippen molar-refractivity contribution in [1.82, 2.24) is 0 Å². The Morgan fingerprint density at radius 1 is 1.29 bits per heavy atom. The Kier molecular flexibility index (Phi) is 6.62. The van der Waals surface area contributed by atoms with Crippen LogP contribution >= 0.6 is 0 Å². The highest BCUT2D eigenvalue weighted by Crippen LogP contribution is 2.06. The average molecular weight is 244 g/mol. The predicted octanol–water partition coefficient (Wildman–Crippen LogP) is 0.760. The molecule has 0 aromatic rings. The second-order valence-electron chi connectivity index (χ2n) is 3.57. The maximum absolute atomic E-state index is 11.2. The molecule has 0 aromatic carbocycles. The van der Waals surface area contributed by atoms with Gasteiger partial charge in [-0.25, -0.2) is 9.59 Å². The molecule has 0 spiro atoms. The maximum atomic E-state index is 11.2. The summed E-state index contributed by atoms with van der Waals surface area (Å²) in [6, 6.07) is 0. The van der Waals surface area contributed by atoms with Crippen LogP contribution in [0.1, 0.15) is 20.3 Å². The van der Waals surface area contributed by atoms with E-state index in [0.717, 1.165) is 13.2 Å². The van der Waals surface area contributed by atoms with Crippen LogP contribution in [0.2, 0.25) is 0 Å². The van der Waals surface area contributed by atoms with Crippen molar-refractivity contribution in [2.24, 2.45) is 5.92 Å². The van der Waals surface area contributed by atoms with E-state index < -0.39 is 17.9 Å². The zero-order chi connectivity index (χ0) is 13.4. The quantitative estimate of drug-likeness (QED) is 0.548. The Bertz CT molecular complexity index is 329. The van der Waals surface area contributed by atoms with Crippen molar-refractivity contribution in [2.75, 3.05) is 13.7 Å². The molecule has 0 radical (unpaired) electrons. The first-order valence-electron chi connectivity index (χ1n) is 5.07. The average Bonchev–Trinajstić information content (AvgIpc) is 2.25. The Morgan fingerprint density at radius 3 is 2.29 bits per heavy atom. The molecule has 0 aromatic heterocycles. The summed E-state index contributed by atoms with van der Waals surface area (Å²) in [5.74, 6) is -2.65. The van der Waals surface area contributed by atoms with Crippen molar-refractivity contribution in [3.05, 3.63) is 11.6 Å². The summed E-state index contributed by atoms with van der Waals surface area (Å²) >= 11 is 0. The van der Waals surface area contributed by atoms with Crippen molar-refractivity contribution < 1.29 is 29.0 Å². The number of methoxy groups -OCH3 is 1. The molecule has 0 amide bonds. The van der Waals surface area contributed by atoms with Gasteiger partial charge in [-0.15, -0.1) is 0 Å². The number of rotatable bonds is 6. The molecule has 96 valence electrons. The molecule has 6 heteroatoms. The monoisotopic (exact) mass is 244 g/mol. The minimum atomic E-state index is -1.25. The maximum Gasteiger partial charge on any atom is 0.334 e. The van der Waals surface area contributed by atoms with Crippen LogP contribution in [0.4, 0.5) is 0 Å². The van der Waals surface area contributed by atoms with Crippen LogP contribution in [0.25, 0.3) is 0 Å². The van der Waals surface area contributed by atoms with Gasteiger partial charge in [0, 0.05) is 18.1 Å². The summed E-state index contributed by atoms with van der Waals surface area (Å²) in [6.45, 7) is 3.30. The third-order valence-corrected chi connectivity index (χ3v) is 1.83. The van der Waals surface area contributed by atoms with Gasteiger partial charge in [0.25, 0.3) is 0 Å². The van der Waals surface area contributed by atoms with Crippen molar-refractivity contribution in [2.45, 2.75) is 20.3 Å². The topological polar surface area (TPSA) is 89.9 Å². The van der Waals surface area contributed by atoms with E-state index in [-0.39, 0.29) is 24.5 Å². The summed E-state index contributed by atoms with van der Waals surface area (Å²) in [5, 5.41) is 8.53. The number of carbonyl (C=O) groups is 3. The molecule has 0 saturated carbocycles. The van der Waals surface area contributed by atoms with Crippen LogP contribution in [-0.2, 0) is 23.9 Å². The lowest BCUT2D eigenvalue weighted by molar-refractivity contribution is -0.147. The van der Waals surface area contributed by atoms with Crippen molar-refractivity contribution >= 4 is 17.9 Å². The molecule has 0 aliphatic heterocycles. The van der Waals surface area contributed by atoms with Gasteiger partial charge in [0.15, 0.2) is 0 Å². The lowest BCUT2D eigenvalue weighted by Crippen LogP contribution is -2.15. The first-order chi connectivity index (χ1) is 7.88. The number of ether oxygens (including phenoxy) is 2. The molecule has 0 saturated heterocycles. The van der Waals surface area contributed by atoms with Crippen molar-refractivity contribution in [3.63, 3.8) is 0 Å². The molecule has 0 bridgehead atoms. The highest BCUT2D eigenvalue weighted by molar-refractivity contribution is 5.95. The molecule has 17 heavy (non-hydrogen) atoms. The van der Waals surface area contributed by atoms with Crippen LogP contribution in [0.15, 0.2) is 11.6 Å². The number of aliphatic carboxylic acids is 1. The summed E-state index contributed by atoms with van der Waals surface area (Å²) in [6.07, 6.45) is 0.756. The lowest BCUT2D eigenvalue weighted by Gasteiger charge is -2.08. The molecule has 0 atom stereocenters. The van der Waals surface area contributed by atoms with Gasteiger partial charge < -0.3 is 14.6 Å². The molecular formula is C11H16O6. The fourth-order valence-corrected chi connectivity index (χ4v) is 0.942. The molecule has 0 heterocycles. The molecular weight excluding hydrogens is 228 g/mol. The minimum Gasteiger partial charge on any atom is -0.478 e. The first-order valence-corrected chi connectivity index (χ1v) is 5.07. The highest BCUT2D eigenvalue weighted by Gasteiger charge is 2.13. The number of hydrogen-bond donors (Lipinski definition) is 1. The molecule has 1 N–H and O–H groups in total. The SMILES string of the molecule is COC(=O)/C(=C/C(=O)O)CCOC(=O)C(C)C. The van der Waals surface area contributed by atoms with Gasteiger partial charge in [-0.2, -0.15) is 0 Å². The summed E-state index contributed by atoms with van der Waals surface area (Å²) in [7, 11) is 1.15. The second kappa shape index (κ2) is 7.43. The van der Waals surface area contributed by atoms with Gasteiger partial charge in [-0.1, -0.05) is 13.8 Å². The van der Waals surface area contributed by atoms with Crippen LogP contribution in [0.5, 0.6) is 0 Å². The number of hydrogen-bond acceptors (Lipinski definition) is 5. The molecule has 0 aliphatic rings. The standard InChI is InChI=1S/C11H16O6/c1-7(2)10(14)17-5-4-8(6-9(12)13)11(15)16-3/h6-7H,4-5H2,1-3H3,(H,12,13)/b8-6+. The molecule has 6 nitrogen and oxygen atoms in total. The second-order valence-corrected chi connectivity index (χ2v) is 3.57. The van der Waals surface area contributed by atoms with E-state index in [9.17, 15) is 14.4 Å². The normalized spacial score (nSPS) is 11.2. The Balaban J connectivity index is 4.34. The van der Waals surface area contributed by atoms with E-state index in [4.69, 9.17) is 9.84 Å². The van der Waals surface area contributed by atoms with Gasteiger partial charge in [-0.05, 0) is 0 Å². The van der Waals surface area contributed by atoms with Crippen LogP contribution in [0.3, 0.4) is 0 Å². The fourth-order valence-electron chi connectivity index (χ4n) is 0.942. The third-order valence-electron chi connectivity index (χ3n) is 1.83. The summed E-state index contributed by atoms with van der Waals surface area (Å²) < 4.78 is 9.24. The summed E-state index contributed by atoms with van der Waals surface area (Å²) in [5.41, 5.74) is -0.0449. The van der Waals surface area contributed by atoms with E-state index in [2.05, 4.69) is 4.74 Å². The number of esters is 2. The Labute approximate surface area is 99.2 Å². The Morgan fingerprint density at radius 2 is 1.88 bits per heavy atom. The number of carboxylic acids is 1. The number of carbonyl (C=O) groups excluding carboxylic acids is 2. The van der Waals surface area contributed by atoms with Gasteiger partial charge in [0.2, 0.25) is 0 Å². The van der Waals surface area contributed by atoms with E-state index in [1.54, 1.807) is 13.8 Å². The smallest absolute Gasteiger partial charge is 0.334 e. The first kappa shape index (κ1) is 15.2. The molecule has 0 rings (SSSR count).